The molecule has 1 aliphatic carbocycles. The molecule has 2 aromatic heterocycles. The zero-order chi connectivity index (χ0) is 20.1. The average molecular weight is 421 g/mol. The second-order valence-corrected chi connectivity index (χ2v) is 9.93. The van der Waals surface area contributed by atoms with Crippen LogP contribution >= 0.6 is 12.4 Å². The molecule has 2 N–H and O–H groups in total. The monoisotopic (exact) mass is 420 g/mol. The molecule has 0 spiro atoms. The minimum atomic E-state index is 0. The summed E-state index contributed by atoms with van der Waals surface area (Å²) >= 11 is 0. The fourth-order valence-electron chi connectivity index (χ4n) is 4.20. The van der Waals surface area contributed by atoms with Gasteiger partial charge in [-0.1, -0.05) is 25.9 Å². The summed E-state index contributed by atoms with van der Waals surface area (Å²) in [5, 5.41) is 5.10. The van der Waals surface area contributed by atoms with Crippen molar-refractivity contribution < 1.29 is 9.32 Å². The third-order valence-corrected chi connectivity index (χ3v) is 5.95. The van der Waals surface area contributed by atoms with Crippen molar-refractivity contribution in [3.63, 3.8) is 0 Å². The first-order valence-electron chi connectivity index (χ1n) is 10.6. The summed E-state index contributed by atoms with van der Waals surface area (Å²) in [6, 6.07) is 2.10. The highest BCUT2D eigenvalue weighted by Gasteiger charge is 2.33. The van der Waals surface area contributed by atoms with Crippen molar-refractivity contribution in [2.45, 2.75) is 71.8 Å². The number of rotatable bonds is 4. The highest BCUT2D eigenvalue weighted by molar-refractivity contribution is 6.06. The summed E-state index contributed by atoms with van der Waals surface area (Å²) in [5.74, 6) is 0.873. The minimum absolute atomic E-state index is 0. The first-order valence-corrected chi connectivity index (χ1v) is 10.6. The van der Waals surface area contributed by atoms with Crippen molar-refractivity contribution in [2.24, 2.45) is 17.1 Å². The molecule has 0 aromatic carbocycles. The molecule has 2 fully saturated rings. The molecule has 3 heterocycles. The molecule has 0 radical (unpaired) electrons. The summed E-state index contributed by atoms with van der Waals surface area (Å²) in [6.45, 7) is 10.0. The zero-order valence-electron chi connectivity index (χ0n) is 17.9. The lowest BCUT2D eigenvalue weighted by Crippen LogP contribution is -2.45. The molecule has 7 heteroatoms. The summed E-state index contributed by atoms with van der Waals surface area (Å²) < 4.78 is 5.60. The maximum atomic E-state index is 13.6. The van der Waals surface area contributed by atoms with Gasteiger partial charge in [-0.15, -0.1) is 12.4 Å². The average Bonchev–Trinajstić information content (AvgIpc) is 3.42. The van der Waals surface area contributed by atoms with E-state index in [0.717, 1.165) is 62.0 Å². The van der Waals surface area contributed by atoms with Crippen LogP contribution in [0.15, 0.2) is 10.6 Å². The SMILES string of the molecule is CC(N)C1CCCN(C(=O)c2cc(C3CC3)nc3onc(CC(C)(C)C)c23)C1.Cl. The molecule has 0 bridgehead atoms. The predicted molar refractivity (Wildman–Crippen MR) is 116 cm³/mol. The lowest BCUT2D eigenvalue weighted by molar-refractivity contribution is 0.0662. The van der Waals surface area contributed by atoms with Gasteiger partial charge < -0.3 is 15.2 Å². The number of pyridine rings is 1. The Morgan fingerprint density at radius 2 is 2.07 bits per heavy atom. The Morgan fingerprint density at radius 3 is 2.69 bits per heavy atom. The first-order chi connectivity index (χ1) is 13.2. The Morgan fingerprint density at radius 1 is 1.34 bits per heavy atom. The highest BCUT2D eigenvalue weighted by Crippen LogP contribution is 2.41. The summed E-state index contributed by atoms with van der Waals surface area (Å²) in [7, 11) is 0. The molecule has 4 rings (SSSR count). The minimum Gasteiger partial charge on any atom is -0.338 e. The van der Waals surface area contributed by atoms with Gasteiger partial charge in [0.1, 0.15) is 0 Å². The number of amides is 1. The van der Waals surface area contributed by atoms with Gasteiger partial charge in [0.15, 0.2) is 0 Å². The van der Waals surface area contributed by atoms with E-state index in [-0.39, 0.29) is 29.8 Å². The molecule has 1 amide bonds. The van der Waals surface area contributed by atoms with Gasteiger partial charge in [-0.3, -0.25) is 4.79 Å². The van der Waals surface area contributed by atoms with Crippen molar-refractivity contribution in [1.82, 2.24) is 15.0 Å². The fraction of sp³-hybridized carbons (Fsp3) is 0.682. The van der Waals surface area contributed by atoms with Crippen LogP contribution in [0.2, 0.25) is 0 Å². The van der Waals surface area contributed by atoms with Crippen LogP contribution in [-0.2, 0) is 6.42 Å². The summed E-state index contributed by atoms with van der Waals surface area (Å²) in [4.78, 5) is 20.2. The number of aromatic nitrogens is 2. The Labute approximate surface area is 179 Å². The van der Waals surface area contributed by atoms with E-state index in [1.54, 1.807) is 0 Å². The van der Waals surface area contributed by atoms with Crippen LogP contribution in [-0.4, -0.2) is 40.1 Å². The van der Waals surface area contributed by atoms with Gasteiger partial charge in [-0.25, -0.2) is 4.98 Å². The maximum absolute atomic E-state index is 13.6. The Bertz CT molecular complexity index is 883. The Hall–Kier alpha value is -1.66. The lowest BCUT2D eigenvalue weighted by atomic mass is 9.88. The number of hydrogen-bond acceptors (Lipinski definition) is 5. The van der Waals surface area contributed by atoms with Gasteiger partial charge >= 0.3 is 0 Å². The molecule has 2 aliphatic rings. The van der Waals surface area contributed by atoms with Gasteiger partial charge in [0, 0.05) is 30.7 Å². The number of fused-ring (bicyclic) bond motifs is 1. The van der Waals surface area contributed by atoms with Gasteiger partial charge in [0.25, 0.3) is 11.6 Å². The normalized spacial score (nSPS) is 21.1. The van der Waals surface area contributed by atoms with Gasteiger partial charge in [0.2, 0.25) is 0 Å². The van der Waals surface area contributed by atoms with E-state index < -0.39 is 0 Å². The first kappa shape index (κ1) is 22.0. The number of hydrogen-bond donors (Lipinski definition) is 1. The van der Waals surface area contributed by atoms with Crippen molar-refractivity contribution in [3.8, 4) is 0 Å². The van der Waals surface area contributed by atoms with Crippen LogP contribution in [0.4, 0.5) is 0 Å². The molecule has 2 aromatic rings. The van der Waals surface area contributed by atoms with E-state index in [4.69, 9.17) is 15.2 Å². The summed E-state index contributed by atoms with van der Waals surface area (Å²) in [5.41, 5.74) is 9.20. The van der Waals surface area contributed by atoms with E-state index in [1.165, 1.54) is 0 Å². The topological polar surface area (TPSA) is 85.2 Å². The summed E-state index contributed by atoms with van der Waals surface area (Å²) in [6.07, 6.45) is 5.09. The van der Waals surface area contributed by atoms with Crippen molar-refractivity contribution in [3.05, 3.63) is 23.0 Å². The second-order valence-electron chi connectivity index (χ2n) is 9.93. The van der Waals surface area contributed by atoms with Crippen LogP contribution in [0.5, 0.6) is 0 Å². The van der Waals surface area contributed by atoms with Crippen molar-refractivity contribution in [2.75, 3.05) is 13.1 Å². The van der Waals surface area contributed by atoms with E-state index in [1.807, 2.05) is 17.9 Å². The van der Waals surface area contributed by atoms with Crippen LogP contribution in [0.3, 0.4) is 0 Å². The lowest BCUT2D eigenvalue weighted by Gasteiger charge is -2.34. The molecular weight excluding hydrogens is 388 g/mol. The van der Waals surface area contributed by atoms with Crippen LogP contribution in [0, 0.1) is 11.3 Å². The van der Waals surface area contributed by atoms with Gasteiger partial charge in [0.05, 0.1) is 16.6 Å². The van der Waals surface area contributed by atoms with E-state index in [2.05, 4.69) is 25.9 Å². The second kappa shape index (κ2) is 8.23. The third-order valence-electron chi connectivity index (χ3n) is 5.95. The van der Waals surface area contributed by atoms with Crippen molar-refractivity contribution >= 4 is 29.4 Å². The Balaban J connectivity index is 0.00000240. The molecule has 1 aliphatic heterocycles. The molecule has 2 atom stereocenters. The molecule has 1 saturated carbocycles. The standard InChI is InChI=1S/C22H32N4O2.ClH/c1-13(23)15-6-5-9-26(12-15)21(27)16-10-17(14-7-8-14)24-20-19(16)18(25-28-20)11-22(2,3)4;/h10,13-15H,5-9,11-12,23H2,1-4H3;1H. The molecule has 6 nitrogen and oxygen atoms in total. The van der Waals surface area contributed by atoms with Crippen molar-refractivity contribution in [1.29, 1.82) is 0 Å². The third kappa shape index (κ3) is 4.75. The van der Waals surface area contributed by atoms with Gasteiger partial charge in [-0.05, 0) is 56.4 Å². The Kier molecular flexibility index (Phi) is 6.25. The molecule has 1 saturated heterocycles. The smallest absolute Gasteiger partial charge is 0.259 e. The number of likely N-dealkylation sites (tertiary alicyclic amines) is 1. The quantitative estimate of drug-likeness (QED) is 0.796. The number of carbonyl (C=O) groups excluding carboxylic acids is 1. The maximum Gasteiger partial charge on any atom is 0.259 e. The van der Waals surface area contributed by atoms with E-state index >= 15 is 0 Å². The van der Waals surface area contributed by atoms with E-state index in [9.17, 15) is 4.79 Å². The number of piperidine rings is 1. The van der Waals surface area contributed by atoms with Gasteiger partial charge in [-0.2, -0.15) is 0 Å². The number of nitrogens with two attached hydrogens (primary N) is 1. The number of nitrogens with zero attached hydrogens (tertiary/aromatic N) is 3. The number of halogens is 1. The zero-order valence-corrected chi connectivity index (χ0v) is 18.7. The van der Waals surface area contributed by atoms with Crippen LogP contribution in [0.1, 0.15) is 81.0 Å². The molecule has 29 heavy (non-hydrogen) atoms. The largest absolute Gasteiger partial charge is 0.338 e. The molecule has 2 unspecified atom stereocenters. The van der Waals surface area contributed by atoms with Crippen LogP contribution in [0.25, 0.3) is 11.1 Å². The molecular formula is C22H33ClN4O2. The predicted octanol–water partition coefficient (Wildman–Crippen LogP) is 4.31. The fourth-order valence-corrected chi connectivity index (χ4v) is 4.20. The number of carbonyl (C=O) groups is 1. The highest BCUT2D eigenvalue weighted by atomic mass is 35.5. The van der Waals surface area contributed by atoms with E-state index in [0.29, 0.717) is 23.1 Å². The molecule has 160 valence electrons. The van der Waals surface area contributed by atoms with Crippen LogP contribution < -0.4 is 5.73 Å².